The summed E-state index contributed by atoms with van der Waals surface area (Å²) in [6.45, 7) is 6.35. The largest absolute Gasteiger partial charge is 0.490 e. The van der Waals surface area contributed by atoms with Crippen molar-refractivity contribution in [1.82, 2.24) is 15.1 Å². The maximum atomic E-state index is 13.0. The van der Waals surface area contributed by atoms with Crippen LogP contribution < -0.4 is 10.1 Å². The maximum absolute atomic E-state index is 13.0. The molecule has 9 heteroatoms. The minimum absolute atomic E-state index is 0.0300. The summed E-state index contributed by atoms with van der Waals surface area (Å²) in [7, 11) is 0. The molecule has 2 fully saturated rings. The Morgan fingerprint density at radius 2 is 1.74 bits per heavy atom. The molecule has 1 aliphatic carbocycles. The predicted octanol–water partition coefficient (Wildman–Crippen LogP) is 3.39. The fourth-order valence-electron chi connectivity index (χ4n) is 5.07. The van der Waals surface area contributed by atoms with Gasteiger partial charge in [-0.1, -0.05) is 11.6 Å². The van der Waals surface area contributed by atoms with Gasteiger partial charge in [-0.15, -0.1) is 0 Å². The number of morpholine rings is 1. The van der Waals surface area contributed by atoms with E-state index in [2.05, 4.69) is 5.32 Å². The number of allylic oxidation sites excluding steroid dienone is 1. The summed E-state index contributed by atoms with van der Waals surface area (Å²) in [5.41, 5.74) is 1.63. The molecular weight excluding hydrogens is 468 g/mol. The third-order valence-electron chi connectivity index (χ3n) is 6.80. The van der Waals surface area contributed by atoms with Crippen LogP contribution in [0.25, 0.3) is 0 Å². The topological polar surface area (TPSA) is 95.0 Å². The number of hydrogen-bond acceptors (Lipinski definition) is 6. The number of nitrogens with zero attached hydrogens (tertiary/aromatic N) is 2. The number of ether oxygens (including phenoxy) is 2. The highest BCUT2D eigenvalue weighted by atomic mass is 35.5. The van der Waals surface area contributed by atoms with Gasteiger partial charge in [0.25, 0.3) is 5.91 Å². The van der Waals surface area contributed by atoms with Gasteiger partial charge in [0.1, 0.15) is 17.6 Å². The molecule has 2 atom stereocenters. The third kappa shape index (κ3) is 6.55. The van der Waals surface area contributed by atoms with Crippen molar-refractivity contribution in [2.24, 2.45) is 0 Å². The zero-order chi connectivity index (χ0) is 24.9. The van der Waals surface area contributed by atoms with Crippen LogP contribution in [0.5, 0.6) is 5.75 Å². The fraction of sp³-hybridized carbons (Fsp3) is 0.577. The van der Waals surface area contributed by atoms with Gasteiger partial charge in [0.2, 0.25) is 5.91 Å². The molecule has 2 amide bonds. The average molecular weight is 503 g/mol. The van der Waals surface area contributed by atoms with Crippen molar-refractivity contribution < 1.29 is 19.1 Å². The molecular formula is C26H35ClN4O4. The van der Waals surface area contributed by atoms with Gasteiger partial charge in [-0.25, -0.2) is 0 Å². The minimum Gasteiger partial charge on any atom is -0.490 e. The molecule has 0 saturated carbocycles. The minimum atomic E-state index is -0.253. The highest BCUT2D eigenvalue weighted by Gasteiger charge is 2.31. The Balaban J connectivity index is 1.26. The monoisotopic (exact) mass is 502 g/mol. The quantitative estimate of drug-likeness (QED) is 0.557. The second-order valence-electron chi connectivity index (χ2n) is 9.66. The van der Waals surface area contributed by atoms with Crippen LogP contribution in [0.3, 0.4) is 0 Å². The number of rotatable bonds is 7. The zero-order valence-electron chi connectivity index (χ0n) is 20.5. The van der Waals surface area contributed by atoms with E-state index in [-0.39, 0.29) is 42.4 Å². The molecule has 1 aromatic rings. The first-order chi connectivity index (χ1) is 16.8. The van der Waals surface area contributed by atoms with E-state index in [1.54, 1.807) is 4.90 Å². The van der Waals surface area contributed by atoms with E-state index in [0.29, 0.717) is 37.6 Å². The lowest BCUT2D eigenvalue weighted by atomic mass is 10.1. The van der Waals surface area contributed by atoms with E-state index in [1.807, 2.05) is 43.0 Å². The van der Waals surface area contributed by atoms with Crippen molar-refractivity contribution in [3.05, 3.63) is 40.6 Å². The molecule has 8 nitrogen and oxygen atoms in total. The number of benzene rings is 1. The van der Waals surface area contributed by atoms with E-state index in [4.69, 9.17) is 26.5 Å². The van der Waals surface area contributed by atoms with Gasteiger partial charge < -0.3 is 24.6 Å². The van der Waals surface area contributed by atoms with Crippen molar-refractivity contribution in [2.45, 2.75) is 64.3 Å². The van der Waals surface area contributed by atoms with Gasteiger partial charge >= 0.3 is 0 Å². The van der Waals surface area contributed by atoms with Gasteiger partial charge in [-0.05, 0) is 57.4 Å². The lowest BCUT2D eigenvalue weighted by molar-refractivity contribution is -0.136. The Morgan fingerprint density at radius 3 is 2.40 bits per heavy atom. The van der Waals surface area contributed by atoms with Crippen molar-refractivity contribution in [3.8, 4) is 5.75 Å². The first-order valence-electron chi connectivity index (χ1n) is 12.5. The molecule has 4 rings (SSSR count). The van der Waals surface area contributed by atoms with Crippen molar-refractivity contribution in [1.29, 1.82) is 5.41 Å². The normalized spacial score (nSPS) is 23.4. The molecule has 0 radical (unpaired) electrons. The van der Waals surface area contributed by atoms with Gasteiger partial charge in [0, 0.05) is 55.3 Å². The second kappa shape index (κ2) is 11.4. The summed E-state index contributed by atoms with van der Waals surface area (Å²) in [6.07, 6.45) is 3.87. The zero-order valence-corrected chi connectivity index (χ0v) is 21.3. The molecule has 2 N–H and O–H groups in total. The predicted molar refractivity (Wildman–Crippen MR) is 135 cm³/mol. The summed E-state index contributed by atoms with van der Waals surface area (Å²) in [6, 6.07) is 7.34. The molecule has 0 aromatic heterocycles. The third-order valence-corrected chi connectivity index (χ3v) is 7.06. The fourth-order valence-corrected chi connectivity index (χ4v) is 5.19. The average Bonchev–Trinajstić information content (AvgIpc) is 3.31. The molecule has 0 bridgehead atoms. The highest BCUT2D eigenvalue weighted by Crippen LogP contribution is 2.26. The Bertz CT molecular complexity index is 962. The molecule has 190 valence electrons. The van der Waals surface area contributed by atoms with E-state index in [9.17, 15) is 9.59 Å². The lowest BCUT2D eigenvalue weighted by Crippen LogP contribution is -2.50. The first kappa shape index (κ1) is 25.5. The van der Waals surface area contributed by atoms with Crippen LogP contribution in [0.15, 0.2) is 35.5 Å². The Morgan fingerprint density at radius 1 is 1.09 bits per heavy atom. The standard InChI is InChI=1S/C26H35ClN4O4/c1-17-15-31(16-18(2)34-17)26(33)25(28)22-4-3-5-23(22)29-14-24(32)30-12-10-21(11-13-30)35-20-8-6-19(27)7-9-20/h6-9,17-18,21,28-29H,3-5,10-16H2,1-2H3/t17-,18+. The number of likely N-dealkylation sites (tertiary alicyclic amines) is 1. The number of piperidine rings is 1. The van der Waals surface area contributed by atoms with Crippen LogP contribution in [-0.4, -0.2) is 78.4 Å². The number of hydrogen-bond donors (Lipinski definition) is 2. The summed E-state index contributed by atoms with van der Waals surface area (Å²) >= 11 is 5.93. The van der Waals surface area contributed by atoms with E-state index in [0.717, 1.165) is 42.7 Å². The molecule has 2 heterocycles. The number of amides is 2. The summed E-state index contributed by atoms with van der Waals surface area (Å²) in [5.74, 6) is 0.569. The molecule has 0 unspecified atom stereocenters. The van der Waals surface area contributed by atoms with Crippen molar-refractivity contribution >= 4 is 29.1 Å². The van der Waals surface area contributed by atoms with Gasteiger partial charge in [0.05, 0.1) is 18.8 Å². The van der Waals surface area contributed by atoms with E-state index < -0.39 is 0 Å². The number of carbonyl (C=O) groups is 2. The smallest absolute Gasteiger partial charge is 0.272 e. The Kier molecular flexibility index (Phi) is 8.34. The van der Waals surface area contributed by atoms with Gasteiger partial charge in [-0.3, -0.25) is 15.0 Å². The molecule has 0 spiro atoms. The summed E-state index contributed by atoms with van der Waals surface area (Å²) in [4.78, 5) is 29.4. The van der Waals surface area contributed by atoms with Crippen LogP contribution in [0.2, 0.25) is 5.02 Å². The van der Waals surface area contributed by atoms with Crippen LogP contribution in [0.1, 0.15) is 46.0 Å². The van der Waals surface area contributed by atoms with Gasteiger partial charge in [0.15, 0.2) is 0 Å². The van der Waals surface area contributed by atoms with Crippen LogP contribution in [0.4, 0.5) is 0 Å². The van der Waals surface area contributed by atoms with Crippen molar-refractivity contribution in [2.75, 3.05) is 32.7 Å². The van der Waals surface area contributed by atoms with E-state index >= 15 is 0 Å². The van der Waals surface area contributed by atoms with Gasteiger partial charge in [-0.2, -0.15) is 0 Å². The molecule has 2 saturated heterocycles. The lowest BCUT2D eigenvalue weighted by Gasteiger charge is -2.35. The van der Waals surface area contributed by atoms with Crippen LogP contribution >= 0.6 is 11.6 Å². The SMILES string of the molecule is C[C@@H]1CN(C(=O)C(=N)C2=C(NCC(=O)N3CCC(Oc4ccc(Cl)cc4)CC3)CCC2)C[C@H](C)O1. The number of carbonyl (C=O) groups excluding carboxylic acids is 2. The number of nitrogens with one attached hydrogen (secondary N) is 2. The molecule has 35 heavy (non-hydrogen) atoms. The molecule has 3 aliphatic rings. The Labute approximate surface area is 212 Å². The van der Waals surface area contributed by atoms with Crippen LogP contribution in [0, 0.1) is 5.41 Å². The Hall–Kier alpha value is -2.58. The second-order valence-corrected chi connectivity index (χ2v) is 10.1. The van der Waals surface area contributed by atoms with Crippen molar-refractivity contribution in [3.63, 3.8) is 0 Å². The summed E-state index contributed by atoms with van der Waals surface area (Å²) in [5, 5.41) is 12.5. The highest BCUT2D eigenvalue weighted by molar-refractivity contribution is 6.44. The number of halogens is 1. The van der Waals surface area contributed by atoms with Crippen LogP contribution in [-0.2, 0) is 14.3 Å². The van der Waals surface area contributed by atoms with E-state index in [1.165, 1.54) is 0 Å². The molecule has 2 aliphatic heterocycles. The maximum Gasteiger partial charge on any atom is 0.272 e. The first-order valence-corrected chi connectivity index (χ1v) is 12.9. The molecule has 1 aromatic carbocycles. The summed E-state index contributed by atoms with van der Waals surface area (Å²) < 4.78 is 11.7.